The lowest BCUT2D eigenvalue weighted by atomic mass is 10.1. The molecule has 0 radical (unpaired) electrons. The summed E-state index contributed by atoms with van der Waals surface area (Å²) >= 11 is 4.14. The molecule has 0 aromatic heterocycles. The van der Waals surface area contributed by atoms with E-state index in [2.05, 4.69) is 20.7 Å². The van der Waals surface area contributed by atoms with Gasteiger partial charge in [-0.15, -0.1) is 0 Å². The molecular weight excluding hydrogens is 532 g/mol. The number of methoxy groups -OCH3 is 2. The molecule has 2 aromatic carbocycles. The number of carbonyl (C=O) groups excluding carboxylic acids is 3. The van der Waals surface area contributed by atoms with Crippen molar-refractivity contribution < 1.29 is 33.5 Å². The van der Waals surface area contributed by atoms with Crippen LogP contribution in [0.2, 0.25) is 0 Å². The summed E-state index contributed by atoms with van der Waals surface area (Å²) in [6.45, 7) is 1.48. The van der Waals surface area contributed by atoms with Crippen LogP contribution < -0.4 is 9.47 Å². The van der Waals surface area contributed by atoms with Crippen molar-refractivity contribution in [2.24, 2.45) is 0 Å². The second kappa shape index (κ2) is 10.7. The van der Waals surface area contributed by atoms with Crippen LogP contribution >= 0.6 is 27.7 Å². The van der Waals surface area contributed by atoms with Crippen LogP contribution in [0, 0.1) is 10.1 Å². The molecule has 0 spiro atoms. The van der Waals surface area contributed by atoms with Crippen LogP contribution in [-0.4, -0.2) is 47.2 Å². The van der Waals surface area contributed by atoms with Gasteiger partial charge in [0.25, 0.3) is 16.8 Å². The lowest BCUT2D eigenvalue weighted by Gasteiger charge is -2.18. The third-order valence-corrected chi connectivity index (χ3v) is 6.41. The van der Waals surface area contributed by atoms with E-state index in [0.29, 0.717) is 38.9 Å². The zero-order chi connectivity index (χ0) is 25.0. The zero-order valence-electron chi connectivity index (χ0n) is 18.3. The Hall–Kier alpha value is -3.38. The van der Waals surface area contributed by atoms with Crippen LogP contribution in [0.15, 0.2) is 45.8 Å². The summed E-state index contributed by atoms with van der Waals surface area (Å²) in [6.07, 6.45) is 1.51. The molecule has 1 aliphatic rings. The van der Waals surface area contributed by atoms with Gasteiger partial charge in [0, 0.05) is 16.6 Å². The van der Waals surface area contributed by atoms with Crippen molar-refractivity contribution in [1.82, 2.24) is 4.90 Å². The third kappa shape index (κ3) is 5.39. The van der Waals surface area contributed by atoms with E-state index in [1.165, 1.54) is 39.4 Å². The predicted molar refractivity (Wildman–Crippen MR) is 127 cm³/mol. The number of imide groups is 1. The first kappa shape index (κ1) is 25.2. The highest BCUT2D eigenvalue weighted by atomic mass is 79.9. The van der Waals surface area contributed by atoms with Crippen LogP contribution in [0.5, 0.6) is 11.5 Å². The molecule has 1 aliphatic heterocycles. The highest BCUT2D eigenvalue weighted by Gasteiger charge is 2.41. The first-order chi connectivity index (χ1) is 16.2. The number of esters is 1. The van der Waals surface area contributed by atoms with E-state index in [1.807, 2.05) is 0 Å². The lowest BCUT2D eigenvalue weighted by Crippen LogP contribution is -2.42. The second-order valence-electron chi connectivity index (χ2n) is 6.99. The molecule has 2 aromatic rings. The van der Waals surface area contributed by atoms with Gasteiger partial charge in [-0.3, -0.25) is 24.6 Å². The fourth-order valence-electron chi connectivity index (χ4n) is 3.09. The molecule has 12 heteroatoms. The van der Waals surface area contributed by atoms with E-state index < -0.39 is 28.1 Å². The minimum Gasteiger partial charge on any atom is -0.493 e. The molecule has 34 heavy (non-hydrogen) atoms. The first-order valence-electron chi connectivity index (χ1n) is 9.74. The van der Waals surface area contributed by atoms with Crippen molar-refractivity contribution in [3.05, 3.63) is 67.0 Å². The van der Waals surface area contributed by atoms with Gasteiger partial charge in [-0.2, -0.15) is 0 Å². The van der Waals surface area contributed by atoms with Crippen molar-refractivity contribution in [3.63, 3.8) is 0 Å². The Balaban J connectivity index is 1.83. The van der Waals surface area contributed by atoms with E-state index in [4.69, 9.17) is 9.47 Å². The summed E-state index contributed by atoms with van der Waals surface area (Å²) in [5.74, 6) is -0.589. The SMILES string of the molecule is COC(=O)[C@H](C)N1C(=O)S/C(=C/c2cc(OC)c(OCc3cccc([N+](=O)[O-])c3)cc2Br)C1=O. The maximum atomic E-state index is 12.7. The maximum Gasteiger partial charge on any atom is 0.328 e. The van der Waals surface area contributed by atoms with Gasteiger partial charge >= 0.3 is 5.97 Å². The number of benzene rings is 2. The number of hydrogen-bond acceptors (Lipinski definition) is 9. The van der Waals surface area contributed by atoms with E-state index in [1.54, 1.807) is 24.3 Å². The van der Waals surface area contributed by atoms with Crippen LogP contribution in [0.1, 0.15) is 18.1 Å². The van der Waals surface area contributed by atoms with Crippen molar-refractivity contribution >= 4 is 56.6 Å². The number of rotatable bonds is 8. The summed E-state index contributed by atoms with van der Waals surface area (Å²) in [4.78, 5) is 48.3. The molecule has 0 bridgehead atoms. The Labute approximate surface area is 207 Å². The molecule has 1 heterocycles. The number of thioether (sulfide) groups is 1. The summed E-state index contributed by atoms with van der Waals surface area (Å²) < 4.78 is 16.4. The molecule has 178 valence electrons. The second-order valence-corrected chi connectivity index (χ2v) is 8.84. The molecule has 0 N–H and O–H groups in total. The van der Waals surface area contributed by atoms with Gasteiger partial charge in [0.05, 0.1) is 24.0 Å². The van der Waals surface area contributed by atoms with Crippen LogP contribution in [0.25, 0.3) is 6.08 Å². The molecule has 1 atom stereocenters. The number of amides is 2. The average Bonchev–Trinajstić information content (AvgIpc) is 3.10. The fraction of sp³-hybridized carbons (Fsp3) is 0.227. The number of nitro benzene ring substituents is 1. The van der Waals surface area contributed by atoms with Gasteiger partial charge < -0.3 is 14.2 Å². The number of nitro groups is 1. The first-order valence-corrected chi connectivity index (χ1v) is 11.4. The topological polar surface area (TPSA) is 125 Å². The quantitative estimate of drug-likeness (QED) is 0.201. The Kier molecular flexibility index (Phi) is 7.94. The molecule has 0 aliphatic carbocycles. The minimum absolute atomic E-state index is 0.0416. The zero-order valence-corrected chi connectivity index (χ0v) is 20.7. The normalized spacial score (nSPS) is 15.4. The Morgan fingerprint density at radius 1 is 1.24 bits per heavy atom. The molecule has 1 fully saturated rings. The van der Waals surface area contributed by atoms with Crippen molar-refractivity contribution in [1.29, 1.82) is 0 Å². The van der Waals surface area contributed by atoms with Crippen molar-refractivity contribution in [2.45, 2.75) is 19.6 Å². The Morgan fingerprint density at radius 3 is 2.62 bits per heavy atom. The highest BCUT2D eigenvalue weighted by molar-refractivity contribution is 9.10. The number of non-ortho nitro benzene ring substituents is 1. The Bertz CT molecular complexity index is 1200. The van der Waals surface area contributed by atoms with E-state index in [-0.39, 0.29) is 17.2 Å². The number of nitrogens with zero attached hydrogens (tertiary/aromatic N) is 2. The standard InChI is InChI=1S/C22H19BrN2O8S/c1-12(21(27)32-3)24-20(26)19(34-22(24)28)9-14-8-17(31-2)18(10-16(14)23)33-11-13-5-4-6-15(7-13)25(29)30/h4-10,12H,11H2,1-3H3/b19-9+/t12-/m0/s1. The molecule has 0 unspecified atom stereocenters. The minimum atomic E-state index is -1.05. The Morgan fingerprint density at radius 2 is 1.97 bits per heavy atom. The highest BCUT2D eigenvalue weighted by Crippen LogP contribution is 2.39. The van der Waals surface area contributed by atoms with Gasteiger partial charge in [0.1, 0.15) is 12.6 Å². The fourth-order valence-corrected chi connectivity index (χ4v) is 4.42. The largest absolute Gasteiger partial charge is 0.493 e. The monoisotopic (exact) mass is 550 g/mol. The van der Waals surface area contributed by atoms with Crippen molar-refractivity contribution in [2.75, 3.05) is 14.2 Å². The van der Waals surface area contributed by atoms with E-state index in [9.17, 15) is 24.5 Å². The van der Waals surface area contributed by atoms with E-state index >= 15 is 0 Å². The molecule has 3 rings (SSSR count). The molecule has 0 saturated carbocycles. The predicted octanol–water partition coefficient (Wildman–Crippen LogP) is 4.54. The molecular formula is C22H19BrN2O8S. The number of halogens is 1. The molecule has 10 nitrogen and oxygen atoms in total. The van der Waals surface area contributed by atoms with Gasteiger partial charge in [0.15, 0.2) is 11.5 Å². The lowest BCUT2D eigenvalue weighted by molar-refractivity contribution is -0.384. The third-order valence-electron chi connectivity index (χ3n) is 4.84. The van der Waals surface area contributed by atoms with Gasteiger partial charge in [-0.1, -0.05) is 28.1 Å². The number of carbonyl (C=O) groups is 3. The van der Waals surface area contributed by atoms with Gasteiger partial charge in [-0.25, -0.2) is 4.79 Å². The summed E-state index contributed by atoms with van der Waals surface area (Å²) in [5.41, 5.74) is 1.10. The average molecular weight is 551 g/mol. The van der Waals surface area contributed by atoms with Crippen LogP contribution in [-0.2, 0) is 20.9 Å². The molecule has 2 amide bonds. The van der Waals surface area contributed by atoms with Gasteiger partial charge in [-0.05, 0) is 48.0 Å². The summed E-state index contributed by atoms with van der Waals surface area (Å²) in [6, 6.07) is 8.28. The van der Waals surface area contributed by atoms with Crippen LogP contribution in [0.4, 0.5) is 10.5 Å². The number of hydrogen-bond donors (Lipinski definition) is 0. The smallest absolute Gasteiger partial charge is 0.328 e. The summed E-state index contributed by atoms with van der Waals surface area (Å²) in [5, 5.41) is 10.4. The van der Waals surface area contributed by atoms with Crippen LogP contribution in [0.3, 0.4) is 0 Å². The maximum absolute atomic E-state index is 12.7. The van der Waals surface area contributed by atoms with E-state index in [0.717, 1.165) is 4.90 Å². The van der Waals surface area contributed by atoms with Crippen molar-refractivity contribution in [3.8, 4) is 11.5 Å². The number of ether oxygens (including phenoxy) is 3. The molecule has 1 saturated heterocycles. The summed E-state index contributed by atoms with van der Waals surface area (Å²) in [7, 11) is 2.62. The van der Waals surface area contributed by atoms with Gasteiger partial charge in [0.2, 0.25) is 0 Å².